The molecular weight excluding hydrogens is 372 g/mol. The molecule has 1 N–H and O–H groups in total. The van der Waals surface area contributed by atoms with Crippen molar-refractivity contribution in [2.45, 2.75) is 12.8 Å². The van der Waals surface area contributed by atoms with Crippen molar-refractivity contribution in [1.29, 1.82) is 0 Å². The monoisotopic (exact) mass is 390 g/mol. The minimum absolute atomic E-state index is 0.0160. The Labute approximate surface area is 168 Å². The summed E-state index contributed by atoms with van der Waals surface area (Å²) in [6, 6.07) is 21.8. The van der Waals surface area contributed by atoms with Crippen LogP contribution in [0.3, 0.4) is 0 Å². The highest BCUT2D eigenvalue weighted by Crippen LogP contribution is 2.30. The number of carbonyl (C=O) groups is 2. The molecule has 0 aliphatic carbocycles. The number of rotatable bonds is 3. The third kappa shape index (κ3) is 3.78. The summed E-state index contributed by atoms with van der Waals surface area (Å²) in [4.78, 5) is 27.3. The van der Waals surface area contributed by atoms with E-state index < -0.39 is 0 Å². The van der Waals surface area contributed by atoms with Crippen LogP contribution in [0, 0.1) is 0 Å². The van der Waals surface area contributed by atoms with E-state index in [-0.39, 0.29) is 11.8 Å². The second-order valence-electron chi connectivity index (χ2n) is 6.73. The molecule has 3 aromatic carbocycles. The van der Waals surface area contributed by atoms with Gasteiger partial charge in [0.1, 0.15) is 0 Å². The Morgan fingerprint density at radius 1 is 0.893 bits per heavy atom. The van der Waals surface area contributed by atoms with Crippen LogP contribution < -0.4 is 10.2 Å². The lowest BCUT2D eigenvalue weighted by molar-refractivity contribution is 0.0984. The Hall–Kier alpha value is -3.11. The number of nitrogens with zero attached hydrogens (tertiary/aromatic N) is 1. The largest absolute Gasteiger partial charge is 0.322 e. The lowest BCUT2D eigenvalue weighted by Gasteiger charge is -2.30. The number of anilines is 2. The summed E-state index contributed by atoms with van der Waals surface area (Å²) in [5.41, 5.74) is 3.76. The van der Waals surface area contributed by atoms with E-state index in [0.29, 0.717) is 28.4 Å². The summed E-state index contributed by atoms with van der Waals surface area (Å²) >= 11 is 5.98. The molecule has 28 heavy (non-hydrogen) atoms. The van der Waals surface area contributed by atoms with Gasteiger partial charge in [0, 0.05) is 34.1 Å². The molecule has 1 aliphatic heterocycles. The third-order valence-electron chi connectivity index (χ3n) is 4.81. The number of carbonyl (C=O) groups excluding carboxylic acids is 2. The van der Waals surface area contributed by atoms with Crippen molar-refractivity contribution >= 4 is 34.8 Å². The van der Waals surface area contributed by atoms with Crippen LogP contribution in [0.4, 0.5) is 11.4 Å². The zero-order valence-electron chi connectivity index (χ0n) is 15.2. The van der Waals surface area contributed by atoms with Crippen molar-refractivity contribution in [2.24, 2.45) is 0 Å². The van der Waals surface area contributed by atoms with Crippen LogP contribution in [0.2, 0.25) is 5.02 Å². The number of hydrogen-bond donors (Lipinski definition) is 1. The van der Waals surface area contributed by atoms with E-state index in [9.17, 15) is 9.59 Å². The number of nitrogens with one attached hydrogen (secondary N) is 1. The molecule has 3 aromatic rings. The average molecular weight is 391 g/mol. The van der Waals surface area contributed by atoms with Gasteiger partial charge in [-0.25, -0.2) is 0 Å². The number of benzene rings is 3. The Morgan fingerprint density at radius 2 is 1.71 bits per heavy atom. The van der Waals surface area contributed by atoms with Crippen molar-refractivity contribution in [3.8, 4) is 0 Å². The van der Waals surface area contributed by atoms with Gasteiger partial charge in [0.2, 0.25) is 0 Å². The smallest absolute Gasteiger partial charge is 0.258 e. The first-order valence-electron chi connectivity index (χ1n) is 9.18. The molecule has 0 saturated heterocycles. The van der Waals surface area contributed by atoms with Gasteiger partial charge in [-0.1, -0.05) is 35.9 Å². The standard InChI is InChI=1S/C23H19ClN2O2/c24-19-9-4-10-20(15-19)25-22(27)18-11-12-21-17(14-18)8-5-13-26(21)23(28)16-6-2-1-3-7-16/h1-4,6-7,9-12,14-15H,5,8,13H2,(H,25,27). The van der Waals surface area contributed by atoms with Crippen LogP contribution in [0.15, 0.2) is 72.8 Å². The van der Waals surface area contributed by atoms with Gasteiger partial charge in [-0.3, -0.25) is 9.59 Å². The van der Waals surface area contributed by atoms with Gasteiger partial charge < -0.3 is 10.2 Å². The first-order chi connectivity index (χ1) is 13.6. The van der Waals surface area contributed by atoms with E-state index in [0.717, 1.165) is 24.1 Å². The molecule has 4 nitrogen and oxygen atoms in total. The number of fused-ring (bicyclic) bond motifs is 1. The molecule has 0 radical (unpaired) electrons. The van der Waals surface area contributed by atoms with Gasteiger partial charge >= 0.3 is 0 Å². The second kappa shape index (κ2) is 7.87. The number of amides is 2. The number of halogens is 1. The Balaban J connectivity index is 1.58. The summed E-state index contributed by atoms with van der Waals surface area (Å²) in [6.07, 6.45) is 1.71. The topological polar surface area (TPSA) is 49.4 Å². The van der Waals surface area contributed by atoms with Crippen LogP contribution in [0.1, 0.15) is 32.7 Å². The number of hydrogen-bond acceptors (Lipinski definition) is 2. The highest BCUT2D eigenvalue weighted by molar-refractivity contribution is 6.31. The lowest BCUT2D eigenvalue weighted by atomic mass is 9.98. The van der Waals surface area contributed by atoms with Crippen molar-refractivity contribution in [1.82, 2.24) is 0 Å². The summed E-state index contributed by atoms with van der Waals surface area (Å²) in [5, 5.41) is 3.43. The van der Waals surface area contributed by atoms with Gasteiger partial charge in [0.15, 0.2) is 0 Å². The van der Waals surface area contributed by atoms with Crippen LogP contribution in [0.5, 0.6) is 0 Å². The molecule has 0 aromatic heterocycles. The molecule has 0 spiro atoms. The molecule has 140 valence electrons. The molecule has 0 unspecified atom stereocenters. The molecule has 0 saturated carbocycles. The summed E-state index contributed by atoms with van der Waals surface area (Å²) in [7, 11) is 0. The Bertz CT molecular complexity index is 1030. The van der Waals surface area contributed by atoms with E-state index in [1.807, 2.05) is 42.5 Å². The Kier molecular flexibility index (Phi) is 5.13. The minimum atomic E-state index is -0.198. The van der Waals surface area contributed by atoms with Crippen LogP contribution in [-0.4, -0.2) is 18.4 Å². The molecule has 0 fully saturated rings. The number of aryl methyl sites for hydroxylation is 1. The second-order valence-corrected chi connectivity index (χ2v) is 7.17. The zero-order valence-corrected chi connectivity index (χ0v) is 15.9. The fourth-order valence-electron chi connectivity index (χ4n) is 3.46. The summed E-state index contributed by atoms with van der Waals surface area (Å²) < 4.78 is 0. The highest BCUT2D eigenvalue weighted by Gasteiger charge is 2.24. The average Bonchev–Trinajstić information content (AvgIpc) is 2.73. The van der Waals surface area contributed by atoms with E-state index in [1.54, 1.807) is 35.2 Å². The molecule has 2 amide bonds. The summed E-state index contributed by atoms with van der Waals surface area (Å²) in [5.74, 6) is -0.214. The van der Waals surface area contributed by atoms with Gasteiger partial charge in [0.05, 0.1) is 0 Å². The highest BCUT2D eigenvalue weighted by atomic mass is 35.5. The molecule has 1 heterocycles. The first-order valence-corrected chi connectivity index (χ1v) is 9.56. The van der Waals surface area contributed by atoms with Gasteiger partial charge in [-0.2, -0.15) is 0 Å². The quantitative estimate of drug-likeness (QED) is 0.669. The molecule has 1 aliphatic rings. The van der Waals surface area contributed by atoms with Crippen molar-refractivity contribution in [3.05, 3.63) is 94.5 Å². The van der Waals surface area contributed by atoms with Gasteiger partial charge in [-0.05, 0) is 66.9 Å². The van der Waals surface area contributed by atoms with E-state index in [1.165, 1.54) is 0 Å². The van der Waals surface area contributed by atoms with E-state index in [4.69, 9.17) is 11.6 Å². The van der Waals surface area contributed by atoms with Crippen LogP contribution >= 0.6 is 11.6 Å². The van der Waals surface area contributed by atoms with E-state index >= 15 is 0 Å². The van der Waals surface area contributed by atoms with Crippen LogP contribution in [-0.2, 0) is 6.42 Å². The predicted molar refractivity (Wildman–Crippen MR) is 112 cm³/mol. The zero-order chi connectivity index (χ0) is 19.5. The molecule has 0 atom stereocenters. The maximum absolute atomic E-state index is 12.9. The lowest BCUT2D eigenvalue weighted by Crippen LogP contribution is -2.35. The fourth-order valence-corrected chi connectivity index (χ4v) is 3.65. The van der Waals surface area contributed by atoms with Crippen molar-refractivity contribution in [2.75, 3.05) is 16.8 Å². The fraction of sp³-hybridized carbons (Fsp3) is 0.130. The minimum Gasteiger partial charge on any atom is -0.322 e. The predicted octanol–water partition coefficient (Wildman–Crippen LogP) is 5.19. The van der Waals surface area contributed by atoms with Crippen LogP contribution in [0.25, 0.3) is 0 Å². The van der Waals surface area contributed by atoms with Gasteiger partial charge in [-0.15, -0.1) is 0 Å². The maximum Gasteiger partial charge on any atom is 0.258 e. The molecule has 5 heteroatoms. The normalized spacial score (nSPS) is 13.0. The first kappa shape index (κ1) is 18.3. The molecular formula is C23H19ClN2O2. The molecule has 4 rings (SSSR count). The van der Waals surface area contributed by atoms with Gasteiger partial charge in [0.25, 0.3) is 11.8 Å². The van der Waals surface area contributed by atoms with Crippen molar-refractivity contribution in [3.63, 3.8) is 0 Å². The third-order valence-corrected chi connectivity index (χ3v) is 5.04. The maximum atomic E-state index is 12.9. The molecule has 0 bridgehead atoms. The Morgan fingerprint density at radius 3 is 2.50 bits per heavy atom. The SMILES string of the molecule is O=C(Nc1cccc(Cl)c1)c1ccc2c(c1)CCCN2C(=O)c1ccccc1. The van der Waals surface area contributed by atoms with E-state index in [2.05, 4.69) is 5.32 Å². The van der Waals surface area contributed by atoms with Crippen molar-refractivity contribution < 1.29 is 9.59 Å². The summed E-state index contributed by atoms with van der Waals surface area (Å²) in [6.45, 7) is 0.675.